The van der Waals surface area contributed by atoms with Gasteiger partial charge in [0.25, 0.3) is 0 Å². The van der Waals surface area contributed by atoms with E-state index < -0.39 is 5.82 Å². The first kappa shape index (κ1) is 17.5. The van der Waals surface area contributed by atoms with Gasteiger partial charge in [-0.15, -0.1) is 0 Å². The predicted molar refractivity (Wildman–Crippen MR) is 91.4 cm³/mol. The quantitative estimate of drug-likeness (QED) is 0.726. The highest BCUT2D eigenvalue weighted by atomic mass is 19.1. The number of hydrogen-bond donors (Lipinski definition) is 1. The zero-order chi connectivity index (χ0) is 18.5. The zero-order valence-electron chi connectivity index (χ0n) is 14.3. The number of halogens is 1. The third kappa shape index (κ3) is 4.21. The Morgan fingerprint density at radius 1 is 1.23 bits per heavy atom. The summed E-state index contributed by atoms with van der Waals surface area (Å²) in [4.78, 5) is 20.0. The molecule has 0 fully saturated rings. The van der Waals surface area contributed by atoms with Crippen molar-refractivity contribution in [3.05, 3.63) is 59.5 Å². The summed E-state index contributed by atoms with van der Waals surface area (Å²) >= 11 is 0. The molecule has 0 bridgehead atoms. The minimum absolute atomic E-state index is 0.0104. The number of rotatable bonds is 6. The third-order valence-corrected chi connectivity index (χ3v) is 3.73. The summed E-state index contributed by atoms with van der Waals surface area (Å²) in [6, 6.07) is 5.95. The summed E-state index contributed by atoms with van der Waals surface area (Å²) in [6.45, 7) is 3.65. The van der Waals surface area contributed by atoms with Crippen LogP contribution < -0.4 is 10.1 Å². The van der Waals surface area contributed by atoms with Gasteiger partial charge in [0, 0.05) is 12.0 Å². The number of aryl methyl sites for hydroxylation is 2. The molecule has 1 N–H and O–H groups in total. The van der Waals surface area contributed by atoms with Crippen LogP contribution in [-0.2, 0) is 11.2 Å². The van der Waals surface area contributed by atoms with Gasteiger partial charge >= 0.3 is 6.01 Å². The van der Waals surface area contributed by atoms with Crippen molar-refractivity contribution in [3.8, 4) is 11.8 Å². The first-order chi connectivity index (χ1) is 12.5. The molecule has 3 rings (SSSR count). The molecule has 0 aliphatic heterocycles. The van der Waals surface area contributed by atoms with Crippen molar-refractivity contribution in [1.82, 2.24) is 15.1 Å². The first-order valence-electron chi connectivity index (χ1n) is 7.99. The monoisotopic (exact) mass is 356 g/mol. The molecule has 0 saturated heterocycles. The van der Waals surface area contributed by atoms with Gasteiger partial charge in [0.05, 0.1) is 23.8 Å². The van der Waals surface area contributed by atoms with E-state index in [0.717, 1.165) is 11.3 Å². The second-order valence-corrected chi connectivity index (χ2v) is 5.64. The molecule has 0 spiro atoms. The first-order valence-corrected chi connectivity index (χ1v) is 7.99. The Bertz CT molecular complexity index is 890. The topological polar surface area (TPSA) is 90.1 Å². The average Bonchev–Trinajstić information content (AvgIpc) is 2.95. The summed E-state index contributed by atoms with van der Waals surface area (Å²) in [5, 5.41) is 6.56. The predicted octanol–water partition coefficient (Wildman–Crippen LogP) is 3.58. The van der Waals surface area contributed by atoms with Gasteiger partial charge in [0.2, 0.25) is 5.91 Å². The molecule has 0 aliphatic carbocycles. The van der Waals surface area contributed by atoms with Gasteiger partial charge in [0.15, 0.2) is 11.6 Å². The minimum atomic E-state index is -0.507. The zero-order valence-corrected chi connectivity index (χ0v) is 14.3. The number of anilines is 1. The molecule has 134 valence electrons. The molecule has 26 heavy (non-hydrogen) atoms. The Balaban J connectivity index is 1.55. The molecule has 0 saturated carbocycles. The number of hydrogen-bond acceptors (Lipinski definition) is 6. The fourth-order valence-electron chi connectivity index (χ4n) is 2.38. The summed E-state index contributed by atoms with van der Waals surface area (Å²) in [7, 11) is 0. The summed E-state index contributed by atoms with van der Waals surface area (Å²) < 4.78 is 23.9. The van der Waals surface area contributed by atoms with Crippen LogP contribution in [-0.4, -0.2) is 21.0 Å². The van der Waals surface area contributed by atoms with Crippen LogP contribution in [0.5, 0.6) is 11.8 Å². The lowest BCUT2D eigenvalue weighted by Crippen LogP contribution is -2.13. The molecule has 1 amide bonds. The summed E-state index contributed by atoms with van der Waals surface area (Å²) in [5.41, 5.74) is 2.15. The molecule has 0 atom stereocenters. The number of aromatic nitrogens is 3. The van der Waals surface area contributed by atoms with Crippen LogP contribution in [0.4, 0.5) is 10.1 Å². The maximum absolute atomic E-state index is 13.5. The Morgan fingerprint density at radius 2 is 1.96 bits per heavy atom. The van der Waals surface area contributed by atoms with Crippen LogP contribution in [0.3, 0.4) is 0 Å². The average molecular weight is 356 g/mol. The molecule has 0 unspecified atom stereocenters. The van der Waals surface area contributed by atoms with Gasteiger partial charge in [0.1, 0.15) is 5.76 Å². The van der Waals surface area contributed by atoms with Crippen molar-refractivity contribution >= 4 is 11.6 Å². The van der Waals surface area contributed by atoms with Crippen molar-refractivity contribution < 1.29 is 18.4 Å². The molecule has 2 aromatic heterocycles. The molecular weight excluding hydrogens is 339 g/mol. The van der Waals surface area contributed by atoms with Gasteiger partial charge in [-0.1, -0.05) is 17.3 Å². The molecular formula is C18H17FN4O3. The largest absolute Gasteiger partial charge is 0.421 e. The standard InChI is InChI=1S/C18H17FN4O3/c1-11-14(12(2)26-23-11)7-8-17(24)22-13-9-20-18(21-10-13)25-16-6-4-3-5-15(16)19/h3-6,9-10H,7-8H2,1-2H3,(H,22,24). The molecule has 3 aromatic rings. The van der Waals surface area contributed by atoms with Crippen molar-refractivity contribution in [3.63, 3.8) is 0 Å². The Kier molecular flexibility index (Phi) is 5.21. The van der Waals surface area contributed by atoms with Gasteiger partial charge < -0.3 is 14.6 Å². The Hall–Kier alpha value is -3.29. The minimum Gasteiger partial charge on any atom is -0.421 e. The number of carbonyl (C=O) groups excluding carboxylic acids is 1. The van der Waals surface area contributed by atoms with Crippen LogP contribution in [0.15, 0.2) is 41.2 Å². The smallest absolute Gasteiger partial charge is 0.322 e. The van der Waals surface area contributed by atoms with Crippen molar-refractivity contribution in [1.29, 1.82) is 0 Å². The van der Waals surface area contributed by atoms with E-state index in [9.17, 15) is 9.18 Å². The van der Waals surface area contributed by atoms with E-state index >= 15 is 0 Å². The van der Waals surface area contributed by atoms with Crippen molar-refractivity contribution in [2.75, 3.05) is 5.32 Å². The van der Waals surface area contributed by atoms with E-state index in [1.54, 1.807) is 12.1 Å². The Labute approximate surface area is 149 Å². The maximum Gasteiger partial charge on any atom is 0.322 e. The molecule has 2 heterocycles. The lowest BCUT2D eigenvalue weighted by molar-refractivity contribution is -0.116. The Morgan fingerprint density at radius 3 is 2.62 bits per heavy atom. The van der Waals surface area contributed by atoms with Crippen LogP contribution in [0.2, 0.25) is 0 Å². The van der Waals surface area contributed by atoms with Gasteiger partial charge in [-0.3, -0.25) is 4.79 Å². The normalized spacial score (nSPS) is 10.6. The second kappa shape index (κ2) is 7.73. The lowest BCUT2D eigenvalue weighted by atomic mass is 10.1. The van der Waals surface area contributed by atoms with E-state index in [4.69, 9.17) is 9.26 Å². The van der Waals surface area contributed by atoms with Crippen LogP contribution in [0, 0.1) is 19.7 Å². The fraction of sp³-hybridized carbons (Fsp3) is 0.222. The van der Waals surface area contributed by atoms with Crippen LogP contribution in [0.25, 0.3) is 0 Å². The maximum atomic E-state index is 13.5. The van der Waals surface area contributed by atoms with E-state index in [1.165, 1.54) is 24.5 Å². The number of nitrogens with one attached hydrogen (secondary N) is 1. The highest BCUT2D eigenvalue weighted by Gasteiger charge is 2.12. The number of carbonyl (C=O) groups is 1. The number of para-hydroxylation sites is 1. The fourth-order valence-corrected chi connectivity index (χ4v) is 2.38. The SMILES string of the molecule is Cc1noc(C)c1CCC(=O)Nc1cnc(Oc2ccccc2F)nc1. The van der Waals surface area contributed by atoms with Crippen LogP contribution in [0.1, 0.15) is 23.4 Å². The summed E-state index contributed by atoms with van der Waals surface area (Å²) in [6.07, 6.45) is 3.60. The van der Waals surface area contributed by atoms with Crippen molar-refractivity contribution in [2.24, 2.45) is 0 Å². The summed E-state index contributed by atoms with van der Waals surface area (Å²) in [5.74, 6) is 0.0567. The third-order valence-electron chi connectivity index (χ3n) is 3.73. The molecule has 0 radical (unpaired) electrons. The van der Waals surface area contributed by atoms with Gasteiger partial charge in [-0.25, -0.2) is 14.4 Å². The van der Waals surface area contributed by atoms with E-state index in [1.807, 2.05) is 13.8 Å². The van der Waals surface area contributed by atoms with E-state index in [-0.39, 0.29) is 24.1 Å². The number of nitrogens with zero attached hydrogens (tertiary/aromatic N) is 3. The lowest BCUT2D eigenvalue weighted by Gasteiger charge is -2.07. The number of amides is 1. The van der Waals surface area contributed by atoms with Crippen molar-refractivity contribution in [2.45, 2.75) is 26.7 Å². The molecule has 0 aliphatic rings. The molecule has 7 nitrogen and oxygen atoms in total. The van der Waals surface area contributed by atoms with Gasteiger partial charge in [-0.05, 0) is 32.4 Å². The highest BCUT2D eigenvalue weighted by Crippen LogP contribution is 2.21. The van der Waals surface area contributed by atoms with E-state index in [0.29, 0.717) is 17.9 Å². The second-order valence-electron chi connectivity index (χ2n) is 5.64. The number of benzene rings is 1. The molecule has 8 heteroatoms. The van der Waals surface area contributed by atoms with E-state index in [2.05, 4.69) is 20.4 Å². The highest BCUT2D eigenvalue weighted by molar-refractivity contribution is 5.90. The molecule has 1 aromatic carbocycles. The number of ether oxygens (including phenoxy) is 1. The van der Waals surface area contributed by atoms with Gasteiger partial charge in [-0.2, -0.15) is 0 Å². The van der Waals surface area contributed by atoms with Crippen LogP contribution >= 0.6 is 0 Å².